The van der Waals surface area contributed by atoms with Crippen LogP contribution in [0.3, 0.4) is 0 Å². The molecule has 1 aliphatic heterocycles. The first kappa shape index (κ1) is 18.0. The van der Waals surface area contributed by atoms with Gasteiger partial charge in [-0.15, -0.1) is 0 Å². The summed E-state index contributed by atoms with van der Waals surface area (Å²) >= 11 is 4.61. The molecule has 0 unspecified atom stereocenters. The molecule has 2 heterocycles. The minimum atomic E-state index is -0.200. The van der Waals surface area contributed by atoms with E-state index < -0.39 is 0 Å². The zero-order chi connectivity index (χ0) is 19.1. The third kappa shape index (κ3) is 3.00. The number of anilines is 2. The lowest BCUT2D eigenvalue weighted by Crippen LogP contribution is -2.34. The lowest BCUT2D eigenvalue weighted by molar-refractivity contribution is -0.118. The van der Waals surface area contributed by atoms with Crippen LogP contribution >= 0.6 is 27.3 Å². The second-order valence-electron chi connectivity index (χ2n) is 6.32. The number of rotatable bonds is 3. The van der Waals surface area contributed by atoms with E-state index in [9.17, 15) is 9.59 Å². The van der Waals surface area contributed by atoms with Crippen molar-refractivity contribution in [2.75, 3.05) is 12.0 Å². The Bertz CT molecular complexity index is 1070. The summed E-state index contributed by atoms with van der Waals surface area (Å²) in [4.78, 5) is 28.1. The normalized spacial score (nSPS) is 16.3. The van der Waals surface area contributed by atoms with Crippen molar-refractivity contribution >= 4 is 44.7 Å². The number of benzene rings is 2. The predicted molar refractivity (Wildman–Crippen MR) is 110 cm³/mol. The molecule has 5 nitrogen and oxygen atoms in total. The van der Waals surface area contributed by atoms with Gasteiger partial charge in [0.05, 0.1) is 17.7 Å². The molecule has 1 aromatic heterocycles. The Morgan fingerprint density at radius 2 is 1.81 bits per heavy atom. The van der Waals surface area contributed by atoms with Crippen LogP contribution in [0.25, 0.3) is 0 Å². The van der Waals surface area contributed by atoms with Crippen molar-refractivity contribution in [1.82, 2.24) is 4.57 Å². The SMILES string of the molecule is COc1ccccc1[C@H]1CC(=O)N(c2ccc(Br)cc2)c2c1sc(=O)n2C. The molecule has 2 aromatic carbocycles. The number of carbonyl (C=O) groups is 1. The Hall–Kier alpha value is -2.38. The fourth-order valence-corrected chi connectivity index (χ4v) is 4.83. The van der Waals surface area contributed by atoms with Crippen molar-refractivity contribution in [3.8, 4) is 5.75 Å². The largest absolute Gasteiger partial charge is 0.496 e. The molecule has 3 aromatic rings. The topological polar surface area (TPSA) is 51.5 Å². The lowest BCUT2D eigenvalue weighted by Gasteiger charge is -2.32. The summed E-state index contributed by atoms with van der Waals surface area (Å²) in [6, 6.07) is 15.2. The van der Waals surface area contributed by atoms with Gasteiger partial charge in [-0.25, -0.2) is 0 Å². The highest BCUT2D eigenvalue weighted by Gasteiger charge is 2.38. The second-order valence-corrected chi connectivity index (χ2v) is 8.23. The van der Waals surface area contributed by atoms with E-state index in [2.05, 4.69) is 15.9 Å². The van der Waals surface area contributed by atoms with Gasteiger partial charge in [0.25, 0.3) is 0 Å². The number of nitrogens with zero attached hydrogens (tertiary/aromatic N) is 2. The Balaban J connectivity index is 1.91. The van der Waals surface area contributed by atoms with E-state index in [4.69, 9.17) is 4.74 Å². The summed E-state index contributed by atoms with van der Waals surface area (Å²) in [7, 11) is 3.33. The average Bonchev–Trinajstić information content (AvgIpc) is 2.97. The van der Waals surface area contributed by atoms with Gasteiger partial charge in [-0.05, 0) is 30.3 Å². The fourth-order valence-electron chi connectivity index (χ4n) is 3.49. The second kappa shape index (κ2) is 6.98. The zero-order valence-corrected chi connectivity index (χ0v) is 17.2. The van der Waals surface area contributed by atoms with Gasteiger partial charge < -0.3 is 4.74 Å². The predicted octanol–water partition coefficient (Wildman–Crippen LogP) is 4.42. The summed E-state index contributed by atoms with van der Waals surface area (Å²) < 4.78 is 7.99. The maximum atomic E-state index is 13.1. The maximum Gasteiger partial charge on any atom is 0.308 e. The van der Waals surface area contributed by atoms with E-state index in [0.717, 1.165) is 26.4 Å². The maximum absolute atomic E-state index is 13.1. The van der Waals surface area contributed by atoms with Crippen molar-refractivity contribution in [2.24, 2.45) is 7.05 Å². The van der Waals surface area contributed by atoms with Gasteiger partial charge in [0, 0.05) is 29.4 Å². The average molecular weight is 445 g/mol. The van der Waals surface area contributed by atoms with Gasteiger partial charge in [0.2, 0.25) is 5.91 Å². The minimum Gasteiger partial charge on any atom is -0.496 e. The number of hydrogen-bond acceptors (Lipinski definition) is 4. The summed E-state index contributed by atoms with van der Waals surface area (Å²) in [5.74, 6) is 1.12. The van der Waals surface area contributed by atoms with Crippen LogP contribution in [0.1, 0.15) is 22.8 Å². The van der Waals surface area contributed by atoms with E-state index >= 15 is 0 Å². The van der Waals surface area contributed by atoms with Crippen molar-refractivity contribution in [2.45, 2.75) is 12.3 Å². The smallest absolute Gasteiger partial charge is 0.308 e. The summed E-state index contributed by atoms with van der Waals surface area (Å²) in [5, 5.41) is 0. The third-order valence-corrected chi connectivity index (χ3v) is 6.43. The molecule has 7 heteroatoms. The van der Waals surface area contributed by atoms with Gasteiger partial charge in [0.1, 0.15) is 11.6 Å². The number of aromatic nitrogens is 1. The van der Waals surface area contributed by atoms with Crippen molar-refractivity contribution in [3.63, 3.8) is 0 Å². The molecule has 0 radical (unpaired) electrons. The fraction of sp³-hybridized carbons (Fsp3) is 0.200. The molecular formula is C20H17BrN2O3S. The molecule has 0 aliphatic carbocycles. The number of para-hydroxylation sites is 1. The van der Waals surface area contributed by atoms with Gasteiger partial charge in [-0.2, -0.15) is 0 Å². The van der Waals surface area contributed by atoms with Crippen LogP contribution in [0.15, 0.2) is 57.8 Å². The molecule has 138 valence electrons. The third-order valence-electron chi connectivity index (χ3n) is 4.76. The number of halogens is 1. The standard InChI is InChI=1S/C20H17BrN2O3S/c1-22-19-18(27-20(22)25)15(14-5-3-4-6-16(14)26-2)11-17(24)23(19)13-9-7-12(21)8-10-13/h3-10,15H,11H2,1-2H3/t15-/m1/s1. The monoisotopic (exact) mass is 444 g/mol. The highest BCUT2D eigenvalue weighted by atomic mass is 79.9. The van der Waals surface area contributed by atoms with Crippen LogP contribution in [-0.4, -0.2) is 17.6 Å². The van der Waals surface area contributed by atoms with E-state index in [1.54, 1.807) is 23.6 Å². The molecule has 0 saturated carbocycles. The van der Waals surface area contributed by atoms with Gasteiger partial charge in [-0.3, -0.25) is 19.1 Å². The molecule has 0 bridgehead atoms. The van der Waals surface area contributed by atoms with Crippen molar-refractivity contribution in [3.05, 3.63) is 73.1 Å². The number of hydrogen-bond donors (Lipinski definition) is 0. The van der Waals surface area contributed by atoms with Crippen LogP contribution in [0.2, 0.25) is 0 Å². The van der Waals surface area contributed by atoms with Crippen LogP contribution in [0, 0.1) is 0 Å². The molecule has 1 aliphatic rings. The molecular weight excluding hydrogens is 428 g/mol. The van der Waals surface area contributed by atoms with Crippen LogP contribution < -0.4 is 14.5 Å². The molecule has 0 N–H and O–H groups in total. The number of methoxy groups -OCH3 is 1. The van der Waals surface area contributed by atoms with Crippen LogP contribution in [0.5, 0.6) is 5.75 Å². The van der Waals surface area contributed by atoms with Crippen LogP contribution in [0.4, 0.5) is 11.5 Å². The molecule has 0 fully saturated rings. The summed E-state index contributed by atoms with van der Waals surface area (Å²) in [6.45, 7) is 0. The first-order valence-corrected chi connectivity index (χ1v) is 10.0. The van der Waals surface area contributed by atoms with Crippen molar-refractivity contribution < 1.29 is 9.53 Å². The number of thiazole rings is 1. The van der Waals surface area contributed by atoms with Gasteiger partial charge in [-0.1, -0.05) is 45.5 Å². The summed E-state index contributed by atoms with van der Waals surface area (Å²) in [5.41, 5.74) is 1.67. The number of fused-ring (bicyclic) bond motifs is 1. The first-order valence-electron chi connectivity index (χ1n) is 8.42. The molecule has 0 saturated heterocycles. The highest BCUT2D eigenvalue weighted by Crippen LogP contribution is 2.46. The number of amides is 1. The molecule has 1 atom stereocenters. The highest BCUT2D eigenvalue weighted by molar-refractivity contribution is 9.10. The Labute approximate surface area is 168 Å². The Morgan fingerprint density at radius 3 is 2.52 bits per heavy atom. The van der Waals surface area contributed by atoms with E-state index in [-0.39, 0.29) is 23.1 Å². The molecule has 4 rings (SSSR count). The van der Waals surface area contributed by atoms with E-state index in [0.29, 0.717) is 5.82 Å². The lowest BCUT2D eigenvalue weighted by atomic mass is 9.89. The minimum absolute atomic E-state index is 0.0471. The van der Waals surface area contributed by atoms with Gasteiger partial charge >= 0.3 is 4.87 Å². The first-order chi connectivity index (χ1) is 13.0. The van der Waals surface area contributed by atoms with Gasteiger partial charge in [0.15, 0.2) is 0 Å². The zero-order valence-electron chi connectivity index (χ0n) is 14.8. The number of ether oxygens (including phenoxy) is 1. The molecule has 1 amide bonds. The molecule has 27 heavy (non-hydrogen) atoms. The Kier molecular flexibility index (Phi) is 4.65. The van der Waals surface area contributed by atoms with E-state index in [1.807, 2.05) is 48.5 Å². The summed E-state index contributed by atoms with van der Waals surface area (Å²) in [6.07, 6.45) is 0.281. The van der Waals surface area contributed by atoms with E-state index in [1.165, 1.54) is 11.3 Å². The Morgan fingerprint density at radius 1 is 1.11 bits per heavy atom. The molecule has 0 spiro atoms. The number of carbonyl (C=O) groups excluding carboxylic acids is 1. The van der Waals surface area contributed by atoms with Crippen LogP contribution in [-0.2, 0) is 11.8 Å². The van der Waals surface area contributed by atoms with Crippen molar-refractivity contribution in [1.29, 1.82) is 0 Å². The quantitative estimate of drug-likeness (QED) is 0.600.